The average molecular weight is 341 g/mol. The van der Waals surface area contributed by atoms with E-state index in [1.54, 1.807) is 0 Å². The molecule has 0 unspecified atom stereocenters. The highest BCUT2D eigenvalue weighted by Gasteiger charge is 2.32. The number of aliphatic hydroxyl groups excluding tert-OH is 1. The molecule has 0 spiro atoms. The van der Waals surface area contributed by atoms with Crippen molar-refractivity contribution in [1.82, 2.24) is 0 Å². The standard InChI is InChI=1S/C15H21BrO2Si/c1-19(2,3)18-14-10-6-8-12(14)15(17)11-7-4-5-9-13(11)16/h4-5,7,9-10,12,15,17H,6,8H2,1-3H3/t12-,15+/m0/s1. The van der Waals surface area contributed by atoms with E-state index >= 15 is 0 Å². The summed E-state index contributed by atoms with van der Waals surface area (Å²) in [7, 11) is -1.62. The Morgan fingerprint density at radius 1 is 1.32 bits per heavy atom. The van der Waals surface area contributed by atoms with Gasteiger partial charge in [0.25, 0.3) is 0 Å². The normalized spacial score (nSPS) is 21.1. The predicted octanol–water partition coefficient (Wildman–Crippen LogP) is 4.63. The van der Waals surface area contributed by atoms with Crippen molar-refractivity contribution >= 4 is 24.2 Å². The quantitative estimate of drug-likeness (QED) is 0.809. The van der Waals surface area contributed by atoms with Crippen molar-refractivity contribution in [2.45, 2.75) is 38.6 Å². The van der Waals surface area contributed by atoms with Crippen molar-refractivity contribution in [2.24, 2.45) is 5.92 Å². The molecule has 0 fully saturated rings. The van der Waals surface area contributed by atoms with Crippen LogP contribution in [0.2, 0.25) is 19.6 Å². The van der Waals surface area contributed by atoms with Crippen molar-refractivity contribution in [2.75, 3.05) is 0 Å². The summed E-state index contributed by atoms with van der Waals surface area (Å²) in [5, 5.41) is 10.6. The molecule has 0 amide bonds. The third-order valence-electron chi connectivity index (χ3n) is 3.22. The lowest BCUT2D eigenvalue weighted by Gasteiger charge is -2.28. The highest BCUT2D eigenvalue weighted by molar-refractivity contribution is 9.10. The zero-order chi connectivity index (χ0) is 14.0. The fraction of sp³-hybridized carbons (Fsp3) is 0.467. The molecule has 1 aromatic carbocycles. The van der Waals surface area contributed by atoms with Crippen LogP contribution in [0.3, 0.4) is 0 Å². The summed E-state index contributed by atoms with van der Waals surface area (Å²) < 4.78 is 7.08. The summed E-state index contributed by atoms with van der Waals surface area (Å²) in [5.41, 5.74) is 0.944. The van der Waals surface area contributed by atoms with Crippen LogP contribution in [0.4, 0.5) is 0 Å². The van der Waals surface area contributed by atoms with E-state index < -0.39 is 14.4 Å². The highest BCUT2D eigenvalue weighted by Crippen LogP contribution is 2.40. The van der Waals surface area contributed by atoms with Gasteiger partial charge in [0.1, 0.15) is 0 Å². The Kier molecular flexibility index (Phi) is 4.53. The van der Waals surface area contributed by atoms with Crippen LogP contribution < -0.4 is 0 Å². The molecule has 19 heavy (non-hydrogen) atoms. The Morgan fingerprint density at radius 3 is 2.63 bits per heavy atom. The molecule has 0 saturated heterocycles. The molecule has 0 saturated carbocycles. The average Bonchev–Trinajstić information content (AvgIpc) is 2.74. The van der Waals surface area contributed by atoms with E-state index in [9.17, 15) is 5.11 Å². The van der Waals surface area contributed by atoms with Gasteiger partial charge in [0.15, 0.2) is 0 Å². The van der Waals surface area contributed by atoms with E-state index in [4.69, 9.17) is 4.43 Å². The molecule has 0 radical (unpaired) electrons. The van der Waals surface area contributed by atoms with Gasteiger partial charge in [-0.2, -0.15) is 0 Å². The van der Waals surface area contributed by atoms with Crippen molar-refractivity contribution in [3.05, 3.63) is 46.1 Å². The first kappa shape index (κ1) is 14.8. The first-order valence-electron chi connectivity index (χ1n) is 6.70. The van der Waals surface area contributed by atoms with E-state index in [0.717, 1.165) is 28.6 Å². The van der Waals surface area contributed by atoms with Crippen LogP contribution in [0.5, 0.6) is 0 Å². The van der Waals surface area contributed by atoms with Gasteiger partial charge in [0, 0.05) is 10.4 Å². The molecule has 2 nitrogen and oxygen atoms in total. The van der Waals surface area contributed by atoms with Gasteiger partial charge in [0.2, 0.25) is 8.32 Å². The highest BCUT2D eigenvalue weighted by atomic mass is 79.9. The molecule has 1 aromatic rings. The molecular formula is C15H21BrO2Si. The number of aliphatic hydroxyl groups is 1. The van der Waals surface area contributed by atoms with Crippen molar-refractivity contribution in [3.63, 3.8) is 0 Å². The summed E-state index contributed by atoms with van der Waals surface area (Å²) in [6, 6.07) is 7.86. The minimum Gasteiger partial charge on any atom is -0.547 e. The zero-order valence-corrected chi connectivity index (χ0v) is 14.3. The van der Waals surface area contributed by atoms with Crippen molar-refractivity contribution in [1.29, 1.82) is 0 Å². The molecule has 0 aromatic heterocycles. The predicted molar refractivity (Wildman–Crippen MR) is 84.3 cm³/mol. The number of hydrogen-bond donors (Lipinski definition) is 1. The SMILES string of the molecule is C[Si](C)(C)OC1=CCC[C@@H]1[C@H](O)c1ccccc1Br. The van der Waals surface area contributed by atoms with Crippen LogP contribution in [0, 0.1) is 5.92 Å². The lowest BCUT2D eigenvalue weighted by Crippen LogP contribution is -2.28. The Balaban J connectivity index is 2.18. The largest absolute Gasteiger partial charge is 0.547 e. The second-order valence-corrected chi connectivity index (χ2v) is 11.3. The van der Waals surface area contributed by atoms with Gasteiger partial charge >= 0.3 is 0 Å². The topological polar surface area (TPSA) is 29.5 Å². The van der Waals surface area contributed by atoms with Crippen LogP contribution >= 0.6 is 15.9 Å². The molecule has 104 valence electrons. The second-order valence-electron chi connectivity index (χ2n) is 5.97. The molecular weight excluding hydrogens is 320 g/mol. The molecule has 1 N–H and O–H groups in total. The number of hydrogen-bond acceptors (Lipinski definition) is 2. The maximum Gasteiger partial charge on any atom is 0.241 e. The van der Waals surface area contributed by atoms with Gasteiger partial charge < -0.3 is 9.53 Å². The van der Waals surface area contributed by atoms with E-state index in [1.165, 1.54) is 0 Å². The number of allylic oxidation sites excluding steroid dienone is 1. The first-order chi connectivity index (χ1) is 8.88. The second kappa shape index (κ2) is 5.81. The van der Waals surface area contributed by atoms with Crippen molar-refractivity contribution in [3.8, 4) is 0 Å². The molecule has 1 aliphatic carbocycles. The Morgan fingerprint density at radius 2 is 2.00 bits per heavy atom. The monoisotopic (exact) mass is 340 g/mol. The van der Waals surface area contributed by atoms with Crippen LogP contribution in [-0.4, -0.2) is 13.4 Å². The number of benzene rings is 1. The lowest BCUT2D eigenvalue weighted by atomic mass is 9.94. The maximum atomic E-state index is 10.6. The minimum absolute atomic E-state index is 0.0884. The summed E-state index contributed by atoms with van der Waals surface area (Å²) >= 11 is 3.51. The maximum absolute atomic E-state index is 10.6. The molecule has 1 aliphatic rings. The van der Waals surface area contributed by atoms with Crippen LogP contribution in [0.15, 0.2) is 40.6 Å². The van der Waals surface area contributed by atoms with Gasteiger partial charge in [-0.15, -0.1) is 0 Å². The smallest absolute Gasteiger partial charge is 0.241 e. The van der Waals surface area contributed by atoms with Gasteiger partial charge in [-0.05, 0) is 50.2 Å². The molecule has 4 heteroatoms. The van der Waals surface area contributed by atoms with Gasteiger partial charge in [-0.3, -0.25) is 0 Å². The van der Waals surface area contributed by atoms with Crippen LogP contribution in [0.1, 0.15) is 24.5 Å². The molecule has 0 bridgehead atoms. The van der Waals surface area contributed by atoms with Crippen LogP contribution in [0.25, 0.3) is 0 Å². The third-order valence-corrected chi connectivity index (χ3v) is 4.79. The van der Waals surface area contributed by atoms with Gasteiger partial charge in [-0.1, -0.05) is 34.1 Å². The van der Waals surface area contributed by atoms with Crippen molar-refractivity contribution < 1.29 is 9.53 Å². The van der Waals surface area contributed by atoms with Gasteiger partial charge in [-0.25, -0.2) is 0 Å². The van der Waals surface area contributed by atoms with Gasteiger partial charge in [0.05, 0.1) is 11.9 Å². The Labute approximate surface area is 124 Å². The number of rotatable bonds is 4. The summed E-state index contributed by atoms with van der Waals surface area (Å²) in [6.07, 6.45) is 3.60. The van der Waals surface area contributed by atoms with Crippen LogP contribution in [-0.2, 0) is 4.43 Å². The van der Waals surface area contributed by atoms with E-state index in [0.29, 0.717) is 0 Å². The molecule has 0 heterocycles. The van der Waals surface area contributed by atoms with E-state index in [-0.39, 0.29) is 5.92 Å². The fourth-order valence-electron chi connectivity index (χ4n) is 2.41. The fourth-order valence-corrected chi connectivity index (χ4v) is 3.88. The number of halogens is 1. The summed E-state index contributed by atoms with van der Waals surface area (Å²) in [6.45, 7) is 6.52. The van der Waals surface area contributed by atoms with E-state index in [1.807, 2.05) is 24.3 Å². The minimum atomic E-state index is -1.62. The zero-order valence-electron chi connectivity index (χ0n) is 11.7. The molecule has 2 rings (SSSR count). The lowest BCUT2D eigenvalue weighted by molar-refractivity contribution is 0.106. The third kappa shape index (κ3) is 3.71. The summed E-state index contributed by atoms with van der Waals surface area (Å²) in [4.78, 5) is 0. The molecule has 2 atom stereocenters. The van der Waals surface area contributed by atoms with E-state index in [2.05, 4.69) is 41.6 Å². The summed E-state index contributed by atoms with van der Waals surface area (Å²) in [5.74, 6) is 1.08. The molecule has 0 aliphatic heterocycles. The Hall–Kier alpha value is -0.583. The first-order valence-corrected chi connectivity index (χ1v) is 10.9. The Bertz CT molecular complexity index is 479.